The highest BCUT2D eigenvalue weighted by atomic mass is 16.1. The summed E-state index contributed by atoms with van der Waals surface area (Å²) < 4.78 is 2.01. The molecule has 0 saturated carbocycles. The van der Waals surface area contributed by atoms with Gasteiger partial charge in [-0.15, -0.1) is 0 Å². The average Bonchev–Trinajstić information content (AvgIpc) is 3.23. The number of nitrogens with one attached hydrogen (secondary N) is 2. The summed E-state index contributed by atoms with van der Waals surface area (Å²) in [6.45, 7) is 9.85. The van der Waals surface area contributed by atoms with Crippen LogP contribution >= 0.6 is 0 Å². The molecule has 4 N–H and O–H groups in total. The molecule has 3 heterocycles. The van der Waals surface area contributed by atoms with Crippen LogP contribution in [0.25, 0.3) is 11.3 Å². The summed E-state index contributed by atoms with van der Waals surface area (Å²) >= 11 is 0. The third-order valence-electron chi connectivity index (χ3n) is 4.86. The first-order chi connectivity index (χ1) is 14.7. The van der Waals surface area contributed by atoms with Gasteiger partial charge >= 0.3 is 0 Å². The van der Waals surface area contributed by atoms with Crippen LogP contribution in [-0.2, 0) is 0 Å². The number of carbonyl (C=O) groups excluding carboxylic acids is 1. The minimum absolute atomic E-state index is 0.0538. The number of nitrogens with two attached hydrogens (primary N) is 1. The number of amidine groups is 1. The third kappa shape index (κ3) is 4.95. The van der Waals surface area contributed by atoms with Gasteiger partial charge in [-0.3, -0.25) is 20.2 Å². The van der Waals surface area contributed by atoms with Gasteiger partial charge in [0.15, 0.2) is 5.84 Å². The van der Waals surface area contributed by atoms with E-state index in [1.807, 2.05) is 31.5 Å². The first-order valence-electron chi connectivity index (χ1n) is 10.1. The molecule has 0 aliphatic heterocycles. The Bertz CT molecular complexity index is 1100. The Balaban J connectivity index is 1.83. The Labute approximate surface area is 181 Å². The van der Waals surface area contributed by atoms with Crippen molar-refractivity contribution in [1.29, 1.82) is 5.41 Å². The lowest BCUT2D eigenvalue weighted by Crippen LogP contribution is -2.43. The molecule has 3 aromatic heterocycles. The minimum atomic E-state index is -0.394. The van der Waals surface area contributed by atoms with Crippen LogP contribution in [0, 0.1) is 12.3 Å². The summed E-state index contributed by atoms with van der Waals surface area (Å²) in [4.78, 5) is 25.9. The van der Waals surface area contributed by atoms with Crippen molar-refractivity contribution in [3.63, 3.8) is 0 Å². The summed E-state index contributed by atoms with van der Waals surface area (Å²) in [6.07, 6.45) is 5.40. The molecule has 0 unspecified atom stereocenters. The number of rotatable bonds is 6. The van der Waals surface area contributed by atoms with Crippen molar-refractivity contribution in [3.05, 3.63) is 59.9 Å². The fourth-order valence-electron chi connectivity index (χ4n) is 2.89. The fraction of sp³-hybridized carbons (Fsp3) is 0.318. The van der Waals surface area contributed by atoms with Crippen molar-refractivity contribution in [2.24, 2.45) is 5.84 Å². The zero-order valence-corrected chi connectivity index (χ0v) is 18.4. The second-order valence-corrected chi connectivity index (χ2v) is 7.90. The number of hydrogen-bond acceptors (Lipinski definition) is 6. The predicted octanol–water partition coefficient (Wildman–Crippen LogP) is 3.39. The zero-order chi connectivity index (χ0) is 22.7. The highest BCUT2D eigenvalue weighted by molar-refractivity contribution is 6.03. The van der Waals surface area contributed by atoms with Crippen molar-refractivity contribution >= 4 is 17.6 Å². The molecule has 0 bridgehead atoms. The Morgan fingerprint density at radius 1 is 1.19 bits per heavy atom. The van der Waals surface area contributed by atoms with Crippen molar-refractivity contribution in [2.45, 2.75) is 46.7 Å². The fourth-order valence-corrected chi connectivity index (χ4v) is 2.89. The smallest absolute Gasteiger partial charge is 0.275 e. The van der Waals surface area contributed by atoms with Crippen LogP contribution in [0.1, 0.15) is 55.5 Å². The number of amides is 1. The lowest BCUT2D eigenvalue weighted by atomic mass is 10.1. The van der Waals surface area contributed by atoms with Crippen LogP contribution in [-0.4, -0.2) is 42.3 Å². The summed E-state index contributed by atoms with van der Waals surface area (Å²) in [5, 5.41) is 12.3. The molecule has 31 heavy (non-hydrogen) atoms. The molecule has 0 aromatic carbocycles. The minimum Gasteiger partial charge on any atom is -0.334 e. The second-order valence-electron chi connectivity index (χ2n) is 7.90. The summed E-state index contributed by atoms with van der Waals surface area (Å²) in [7, 11) is 0. The topological polar surface area (TPSA) is 126 Å². The number of anilines is 1. The van der Waals surface area contributed by atoms with Gasteiger partial charge in [-0.25, -0.2) is 15.8 Å². The van der Waals surface area contributed by atoms with Crippen LogP contribution < -0.4 is 11.2 Å². The van der Waals surface area contributed by atoms with E-state index >= 15 is 0 Å². The van der Waals surface area contributed by atoms with E-state index < -0.39 is 5.91 Å². The van der Waals surface area contributed by atoms with E-state index in [9.17, 15) is 4.79 Å². The van der Waals surface area contributed by atoms with Crippen LogP contribution in [0.4, 0.5) is 5.82 Å². The van der Waals surface area contributed by atoms with E-state index in [4.69, 9.17) is 11.3 Å². The molecular formula is C22H28N8O. The lowest BCUT2D eigenvalue weighted by Gasteiger charge is -2.23. The van der Waals surface area contributed by atoms with E-state index in [-0.39, 0.29) is 17.6 Å². The molecule has 0 atom stereocenters. The molecule has 1 amide bonds. The number of imidazole rings is 1. The third-order valence-corrected chi connectivity index (χ3v) is 4.86. The molecule has 3 aromatic rings. The molecule has 0 saturated heterocycles. The molecule has 0 aliphatic rings. The second kappa shape index (κ2) is 9.05. The van der Waals surface area contributed by atoms with Gasteiger partial charge in [0.25, 0.3) is 5.91 Å². The molecule has 0 spiro atoms. The molecule has 9 heteroatoms. The average molecular weight is 421 g/mol. The van der Waals surface area contributed by atoms with Gasteiger partial charge in [0.1, 0.15) is 17.2 Å². The first kappa shape index (κ1) is 22.1. The number of pyridine rings is 2. The number of aromatic nitrogens is 4. The largest absolute Gasteiger partial charge is 0.334 e. The summed E-state index contributed by atoms with van der Waals surface area (Å²) in [6, 6.07) is 7.01. The highest BCUT2D eigenvalue weighted by Gasteiger charge is 2.16. The molecule has 162 valence electrons. The van der Waals surface area contributed by atoms with E-state index in [0.717, 1.165) is 16.8 Å². The van der Waals surface area contributed by atoms with Crippen molar-refractivity contribution in [2.75, 3.05) is 5.32 Å². The number of carbonyl (C=O) groups is 1. The van der Waals surface area contributed by atoms with Crippen LogP contribution in [0.15, 0.2) is 43.0 Å². The number of aryl methyl sites for hydroxylation is 1. The zero-order valence-electron chi connectivity index (χ0n) is 18.4. The maximum absolute atomic E-state index is 12.8. The first-order valence-corrected chi connectivity index (χ1v) is 10.1. The highest BCUT2D eigenvalue weighted by Crippen LogP contribution is 2.23. The number of hydrogen-bond donors (Lipinski definition) is 3. The van der Waals surface area contributed by atoms with Gasteiger partial charge in [0, 0.05) is 30.0 Å². The van der Waals surface area contributed by atoms with Crippen molar-refractivity contribution in [3.8, 4) is 11.3 Å². The normalized spacial score (nSPS) is 11.1. The molecule has 3 rings (SSSR count). The Morgan fingerprint density at radius 2 is 1.94 bits per heavy atom. The van der Waals surface area contributed by atoms with E-state index in [1.165, 1.54) is 5.01 Å². The Hall–Kier alpha value is -3.59. The summed E-state index contributed by atoms with van der Waals surface area (Å²) in [5.41, 5.74) is 3.18. The molecular weight excluding hydrogens is 392 g/mol. The molecule has 9 nitrogen and oxygen atoms in total. The molecule has 0 radical (unpaired) electrons. The van der Waals surface area contributed by atoms with Crippen molar-refractivity contribution < 1.29 is 4.79 Å². The quantitative estimate of drug-likeness (QED) is 0.243. The van der Waals surface area contributed by atoms with Gasteiger partial charge in [-0.1, -0.05) is 6.07 Å². The summed E-state index contributed by atoms with van der Waals surface area (Å²) in [5.74, 6) is 5.90. The Morgan fingerprint density at radius 3 is 2.58 bits per heavy atom. The van der Waals surface area contributed by atoms with Gasteiger partial charge in [-0.2, -0.15) is 0 Å². The van der Waals surface area contributed by atoms with Gasteiger partial charge in [0.05, 0.1) is 12.0 Å². The SMILES string of the molecule is Cc1cnc(C(=O)Nc2cccc(C(=N)N(N)C(C)C)n2)cc1-c1cn(C(C)C)cn1. The number of nitrogens with zero attached hydrogens (tertiary/aromatic N) is 5. The maximum Gasteiger partial charge on any atom is 0.275 e. The van der Waals surface area contributed by atoms with Gasteiger partial charge in [-0.05, 0) is 58.4 Å². The predicted molar refractivity (Wildman–Crippen MR) is 121 cm³/mol. The molecule has 0 aliphatic carbocycles. The monoisotopic (exact) mass is 420 g/mol. The van der Waals surface area contributed by atoms with E-state index in [1.54, 1.807) is 36.8 Å². The Kier molecular flexibility index (Phi) is 6.45. The molecule has 0 fully saturated rings. The van der Waals surface area contributed by atoms with Crippen LogP contribution in [0.2, 0.25) is 0 Å². The lowest BCUT2D eigenvalue weighted by molar-refractivity contribution is 0.102. The van der Waals surface area contributed by atoms with E-state index in [0.29, 0.717) is 17.6 Å². The van der Waals surface area contributed by atoms with E-state index in [2.05, 4.69) is 34.1 Å². The van der Waals surface area contributed by atoms with Gasteiger partial charge < -0.3 is 9.88 Å². The van der Waals surface area contributed by atoms with Gasteiger partial charge in [0.2, 0.25) is 0 Å². The van der Waals surface area contributed by atoms with Crippen molar-refractivity contribution in [1.82, 2.24) is 24.5 Å². The number of hydrazine groups is 1. The standard InChI is InChI=1S/C22H28N8O/c1-13(2)29-11-19(26-12-29)16-9-18(25-10-15(16)5)22(31)28-20-8-6-7-17(27-20)21(23)30(24)14(3)4/h6-14,23H,24H2,1-5H3,(H,27,28,31). The van der Waals surface area contributed by atoms with Crippen LogP contribution in [0.5, 0.6) is 0 Å². The maximum atomic E-state index is 12.8. The van der Waals surface area contributed by atoms with Crippen LogP contribution in [0.3, 0.4) is 0 Å².